The van der Waals surface area contributed by atoms with Crippen LogP contribution in [0, 0.1) is 12.7 Å². The maximum absolute atomic E-state index is 13.5. The highest BCUT2D eigenvalue weighted by molar-refractivity contribution is 5.94. The molecule has 1 saturated heterocycles. The van der Waals surface area contributed by atoms with Gasteiger partial charge in [-0.15, -0.1) is 0 Å². The second-order valence-electron chi connectivity index (χ2n) is 6.24. The van der Waals surface area contributed by atoms with Gasteiger partial charge in [-0.2, -0.15) is 0 Å². The monoisotopic (exact) mass is 343 g/mol. The molecule has 1 amide bonds. The van der Waals surface area contributed by atoms with Gasteiger partial charge in [-0.1, -0.05) is 12.1 Å². The van der Waals surface area contributed by atoms with Crippen molar-refractivity contribution in [2.45, 2.75) is 32.4 Å². The van der Waals surface area contributed by atoms with E-state index in [4.69, 9.17) is 9.47 Å². The van der Waals surface area contributed by atoms with Gasteiger partial charge < -0.3 is 14.8 Å². The summed E-state index contributed by atoms with van der Waals surface area (Å²) in [6.45, 7) is 3.33. The molecule has 1 heterocycles. The maximum atomic E-state index is 13.5. The van der Waals surface area contributed by atoms with Crippen LogP contribution in [0.3, 0.4) is 0 Å². The Morgan fingerprint density at radius 3 is 2.76 bits per heavy atom. The van der Waals surface area contributed by atoms with E-state index in [1.807, 2.05) is 0 Å². The molecule has 1 atom stereocenters. The SMILES string of the molecule is Cc1ccc(CNC(=O)c2ccc(OCC3CCCO3)cc2)cc1F. The molecule has 0 spiro atoms. The minimum Gasteiger partial charge on any atom is -0.491 e. The largest absolute Gasteiger partial charge is 0.491 e. The van der Waals surface area contributed by atoms with Crippen LogP contribution in [0.4, 0.5) is 4.39 Å². The molecule has 2 aromatic carbocycles. The van der Waals surface area contributed by atoms with E-state index in [9.17, 15) is 9.18 Å². The fraction of sp³-hybridized carbons (Fsp3) is 0.350. The van der Waals surface area contributed by atoms with E-state index < -0.39 is 0 Å². The number of aryl methyl sites for hydroxylation is 1. The third kappa shape index (κ3) is 4.79. The fourth-order valence-corrected chi connectivity index (χ4v) is 2.70. The molecule has 3 rings (SSSR count). The number of nitrogens with one attached hydrogen (secondary N) is 1. The predicted octanol–water partition coefficient (Wildman–Crippen LogP) is 3.62. The molecule has 1 N–H and O–H groups in total. The number of rotatable bonds is 6. The minimum atomic E-state index is -0.264. The first-order valence-corrected chi connectivity index (χ1v) is 8.49. The highest BCUT2D eigenvalue weighted by atomic mass is 19.1. The number of ether oxygens (including phenoxy) is 2. The summed E-state index contributed by atoms with van der Waals surface area (Å²) < 4.78 is 24.7. The Balaban J connectivity index is 1.50. The molecule has 132 valence electrons. The molecule has 1 aliphatic heterocycles. The van der Waals surface area contributed by atoms with Gasteiger partial charge in [0, 0.05) is 18.7 Å². The van der Waals surface area contributed by atoms with Crippen molar-refractivity contribution in [1.29, 1.82) is 0 Å². The summed E-state index contributed by atoms with van der Waals surface area (Å²) in [6.07, 6.45) is 2.27. The quantitative estimate of drug-likeness (QED) is 0.871. The number of carbonyl (C=O) groups is 1. The van der Waals surface area contributed by atoms with Crippen molar-refractivity contribution >= 4 is 5.91 Å². The summed E-state index contributed by atoms with van der Waals surface area (Å²) in [6, 6.07) is 11.9. The Morgan fingerprint density at radius 2 is 2.08 bits per heavy atom. The van der Waals surface area contributed by atoms with Gasteiger partial charge in [0.2, 0.25) is 0 Å². The van der Waals surface area contributed by atoms with E-state index in [1.54, 1.807) is 43.3 Å². The van der Waals surface area contributed by atoms with Crippen molar-refractivity contribution in [2.24, 2.45) is 0 Å². The summed E-state index contributed by atoms with van der Waals surface area (Å²) in [5.41, 5.74) is 1.86. The molecule has 1 fully saturated rings. The molecule has 4 nitrogen and oxygen atoms in total. The zero-order valence-corrected chi connectivity index (χ0v) is 14.3. The number of hydrogen-bond acceptors (Lipinski definition) is 3. The van der Waals surface area contributed by atoms with Crippen LogP contribution in [0.5, 0.6) is 5.75 Å². The summed E-state index contributed by atoms with van der Waals surface area (Å²) >= 11 is 0. The Labute approximate surface area is 147 Å². The standard InChI is InChI=1S/C20H22FNO3/c1-14-4-5-15(11-19(14)21)12-22-20(23)16-6-8-17(9-7-16)25-13-18-3-2-10-24-18/h4-9,11,18H,2-3,10,12-13H2,1H3,(H,22,23). The number of carbonyl (C=O) groups excluding carboxylic acids is 1. The first-order chi connectivity index (χ1) is 12.1. The third-order valence-electron chi connectivity index (χ3n) is 4.27. The highest BCUT2D eigenvalue weighted by Gasteiger charge is 2.16. The van der Waals surface area contributed by atoms with Crippen LogP contribution in [-0.4, -0.2) is 25.2 Å². The topological polar surface area (TPSA) is 47.6 Å². The van der Waals surface area contributed by atoms with Crippen molar-refractivity contribution in [3.05, 3.63) is 65.0 Å². The van der Waals surface area contributed by atoms with E-state index >= 15 is 0 Å². The molecule has 2 aromatic rings. The lowest BCUT2D eigenvalue weighted by Crippen LogP contribution is -2.22. The van der Waals surface area contributed by atoms with Gasteiger partial charge in [0.15, 0.2) is 0 Å². The normalized spacial score (nSPS) is 16.6. The molecule has 1 unspecified atom stereocenters. The Bertz CT molecular complexity index is 724. The summed E-state index contributed by atoms with van der Waals surface area (Å²) in [7, 11) is 0. The highest BCUT2D eigenvalue weighted by Crippen LogP contribution is 2.17. The lowest BCUT2D eigenvalue weighted by Gasteiger charge is -2.12. The lowest BCUT2D eigenvalue weighted by molar-refractivity contribution is 0.0679. The fourth-order valence-electron chi connectivity index (χ4n) is 2.70. The average Bonchev–Trinajstić information content (AvgIpc) is 3.15. The first-order valence-electron chi connectivity index (χ1n) is 8.49. The predicted molar refractivity (Wildman–Crippen MR) is 93.2 cm³/mol. The minimum absolute atomic E-state index is 0.165. The molecular formula is C20H22FNO3. The van der Waals surface area contributed by atoms with E-state index in [1.165, 1.54) is 6.07 Å². The second kappa shape index (κ2) is 8.12. The molecule has 25 heavy (non-hydrogen) atoms. The zero-order chi connectivity index (χ0) is 17.6. The van der Waals surface area contributed by atoms with E-state index in [-0.39, 0.29) is 24.4 Å². The summed E-state index contributed by atoms with van der Waals surface area (Å²) in [4.78, 5) is 12.2. The molecular weight excluding hydrogens is 321 g/mol. The van der Waals surface area contributed by atoms with Crippen LogP contribution in [0.25, 0.3) is 0 Å². The molecule has 0 saturated carbocycles. The smallest absolute Gasteiger partial charge is 0.251 e. The van der Waals surface area contributed by atoms with Gasteiger partial charge in [0.1, 0.15) is 18.2 Å². The lowest BCUT2D eigenvalue weighted by atomic mass is 10.1. The molecule has 0 aromatic heterocycles. The van der Waals surface area contributed by atoms with Crippen molar-refractivity contribution in [2.75, 3.05) is 13.2 Å². The maximum Gasteiger partial charge on any atom is 0.251 e. The van der Waals surface area contributed by atoms with E-state index in [0.29, 0.717) is 23.5 Å². The first kappa shape index (κ1) is 17.4. The average molecular weight is 343 g/mol. The van der Waals surface area contributed by atoms with Crippen LogP contribution in [0.1, 0.15) is 34.3 Å². The Kier molecular flexibility index (Phi) is 5.66. The van der Waals surface area contributed by atoms with E-state index in [2.05, 4.69) is 5.32 Å². The van der Waals surface area contributed by atoms with Crippen LogP contribution >= 0.6 is 0 Å². The Hall–Kier alpha value is -2.40. The molecule has 1 aliphatic rings. The molecule has 0 radical (unpaired) electrons. The third-order valence-corrected chi connectivity index (χ3v) is 4.27. The molecule has 0 bridgehead atoms. The van der Waals surface area contributed by atoms with Crippen LogP contribution in [0.2, 0.25) is 0 Å². The van der Waals surface area contributed by atoms with Gasteiger partial charge in [0.05, 0.1) is 6.10 Å². The van der Waals surface area contributed by atoms with Crippen LogP contribution in [0.15, 0.2) is 42.5 Å². The van der Waals surface area contributed by atoms with Gasteiger partial charge >= 0.3 is 0 Å². The number of halogens is 1. The molecule has 0 aliphatic carbocycles. The summed E-state index contributed by atoms with van der Waals surface area (Å²) in [5.74, 6) is 0.249. The van der Waals surface area contributed by atoms with Crippen molar-refractivity contribution < 1.29 is 18.7 Å². The Morgan fingerprint density at radius 1 is 1.28 bits per heavy atom. The van der Waals surface area contributed by atoms with Crippen molar-refractivity contribution in [3.8, 4) is 5.75 Å². The van der Waals surface area contributed by atoms with Crippen molar-refractivity contribution in [1.82, 2.24) is 5.32 Å². The number of benzene rings is 2. The zero-order valence-electron chi connectivity index (χ0n) is 14.3. The van der Waals surface area contributed by atoms with Gasteiger partial charge in [0.25, 0.3) is 5.91 Å². The van der Waals surface area contributed by atoms with E-state index in [0.717, 1.165) is 25.0 Å². The van der Waals surface area contributed by atoms with Gasteiger partial charge in [-0.25, -0.2) is 4.39 Å². The molecule has 5 heteroatoms. The number of hydrogen-bond donors (Lipinski definition) is 1. The van der Waals surface area contributed by atoms with Crippen molar-refractivity contribution in [3.63, 3.8) is 0 Å². The summed E-state index contributed by atoms with van der Waals surface area (Å²) in [5, 5.41) is 2.79. The van der Waals surface area contributed by atoms with Gasteiger partial charge in [-0.3, -0.25) is 4.79 Å². The van der Waals surface area contributed by atoms with Crippen LogP contribution < -0.4 is 10.1 Å². The second-order valence-corrected chi connectivity index (χ2v) is 6.24. The van der Waals surface area contributed by atoms with Gasteiger partial charge in [-0.05, 0) is 61.2 Å². The number of amides is 1. The van der Waals surface area contributed by atoms with Crippen LogP contribution in [-0.2, 0) is 11.3 Å².